The molecule has 0 bridgehead atoms. The number of nitrogens with zero attached hydrogens (tertiary/aromatic N) is 1. The Morgan fingerprint density at radius 3 is 2.55 bits per heavy atom. The third-order valence-electron chi connectivity index (χ3n) is 2.19. The van der Waals surface area contributed by atoms with E-state index in [4.69, 9.17) is 4.74 Å². The van der Waals surface area contributed by atoms with E-state index in [0.29, 0.717) is 5.69 Å². The van der Waals surface area contributed by atoms with Gasteiger partial charge in [-0.3, -0.25) is 9.78 Å². The molecule has 1 heterocycles. The number of aryl methyl sites for hydroxylation is 1. The van der Waals surface area contributed by atoms with Crippen molar-refractivity contribution < 1.29 is 32.2 Å². The maximum Gasteiger partial charge on any atom is 0.573 e. The molecule has 0 aliphatic rings. The van der Waals surface area contributed by atoms with Crippen molar-refractivity contribution >= 4 is 5.97 Å². The lowest BCUT2D eigenvalue weighted by Gasteiger charge is -2.16. The Morgan fingerprint density at radius 2 is 2.05 bits per heavy atom. The van der Waals surface area contributed by atoms with Crippen molar-refractivity contribution in [1.82, 2.24) is 4.98 Å². The Bertz CT molecular complexity index is 488. The Hall–Kier alpha value is -1.99. The molecule has 0 aliphatic carbocycles. The number of alkyl halides is 3. The second-order valence-corrected chi connectivity index (χ2v) is 3.77. The molecule has 8 heteroatoms. The molecule has 20 heavy (non-hydrogen) atoms. The van der Waals surface area contributed by atoms with Gasteiger partial charge in [-0.15, -0.1) is 13.2 Å². The molecule has 0 N–H and O–H groups in total. The van der Waals surface area contributed by atoms with E-state index in [1.54, 1.807) is 13.8 Å². The van der Waals surface area contributed by atoms with Crippen LogP contribution in [-0.4, -0.2) is 31.0 Å². The SMILES string of the molecule is CCOC(=O)Cc1nc(C)cc(OC)c1OC(F)(F)F. The molecule has 0 saturated carbocycles. The largest absolute Gasteiger partial charge is 0.573 e. The van der Waals surface area contributed by atoms with Crippen LogP contribution in [0.4, 0.5) is 13.2 Å². The molecule has 1 aromatic rings. The second kappa shape index (κ2) is 6.44. The van der Waals surface area contributed by atoms with Crippen LogP contribution in [0.1, 0.15) is 18.3 Å². The van der Waals surface area contributed by atoms with Gasteiger partial charge in [0.15, 0.2) is 11.5 Å². The predicted molar refractivity (Wildman–Crippen MR) is 62.5 cm³/mol. The molecule has 0 fully saturated rings. The minimum atomic E-state index is -4.91. The van der Waals surface area contributed by atoms with E-state index < -0.39 is 24.5 Å². The first-order valence-corrected chi connectivity index (χ1v) is 5.72. The van der Waals surface area contributed by atoms with E-state index in [2.05, 4.69) is 14.5 Å². The summed E-state index contributed by atoms with van der Waals surface area (Å²) < 4.78 is 50.6. The number of esters is 1. The molecular weight excluding hydrogens is 279 g/mol. The normalized spacial score (nSPS) is 11.1. The average Bonchev–Trinajstić information content (AvgIpc) is 2.31. The van der Waals surface area contributed by atoms with Crippen LogP contribution >= 0.6 is 0 Å². The van der Waals surface area contributed by atoms with Gasteiger partial charge in [0.25, 0.3) is 0 Å². The van der Waals surface area contributed by atoms with E-state index in [1.165, 1.54) is 13.2 Å². The maximum atomic E-state index is 12.4. The van der Waals surface area contributed by atoms with Crippen molar-refractivity contribution in [1.29, 1.82) is 0 Å². The zero-order chi connectivity index (χ0) is 15.3. The van der Waals surface area contributed by atoms with E-state index in [0.717, 1.165) is 0 Å². The number of carbonyl (C=O) groups excluding carboxylic acids is 1. The van der Waals surface area contributed by atoms with Gasteiger partial charge in [-0.25, -0.2) is 0 Å². The lowest BCUT2D eigenvalue weighted by Crippen LogP contribution is -2.20. The van der Waals surface area contributed by atoms with Crippen LogP contribution < -0.4 is 9.47 Å². The summed E-state index contributed by atoms with van der Waals surface area (Å²) in [6.07, 6.45) is -5.34. The van der Waals surface area contributed by atoms with Crippen LogP contribution in [0.2, 0.25) is 0 Å². The summed E-state index contributed by atoms with van der Waals surface area (Å²) in [6, 6.07) is 1.29. The zero-order valence-electron chi connectivity index (χ0n) is 11.2. The lowest BCUT2D eigenvalue weighted by molar-refractivity contribution is -0.275. The zero-order valence-corrected chi connectivity index (χ0v) is 11.2. The summed E-state index contributed by atoms with van der Waals surface area (Å²) in [6.45, 7) is 3.28. The first-order valence-electron chi connectivity index (χ1n) is 5.72. The first-order chi connectivity index (χ1) is 9.26. The number of halogens is 3. The molecule has 0 radical (unpaired) electrons. The lowest BCUT2D eigenvalue weighted by atomic mass is 10.2. The molecule has 5 nitrogen and oxygen atoms in total. The van der Waals surface area contributed by atoms with Crippen molar-refractivity contribution in [2.45, 2.75) is 26.6 Å². The molecule has 0 aromatic carbocycles. The molecule has 0 aliphatic heterocycles. The van der Waals surface area contributed by atoms with Gasteiger partial charge in [-0.1, -0.05) is 0 Å². The van der Waals surface area contributed by atoms with Gasteiger partial charge in [0.2, 0.25) is 0 Å². The van der Waals surface area contributed by atoms with E-state index in [9.17, 15) is 18.0 Å². The average molecular weight is 293 g/mol. The van der Waals surface area contributed by atoms with Gasteiger partial charge >= 0.3 is 12.3 Å². The Labute approximate surface area is 113 Å². The monoisotopic (exact) mass is 293 g/mol. The minimum absolute atomic E-state index is 0.122. The van der Waals surface area contributed by atoms with Gasteiger partial charge in [0, 0.05) is 11.8 Å². The Balaban J connectivity index is 3.18. The van der Waals surface area contributed by atoms with Gasteiger partial charge in [0.1, 0.15) is 0 Å². The van der Waals surface area contributed by atoms with Crippen molar-refractivity contribution in [2.24, 2.45) is 0 Å². The molecule has 112 valence electrons. The van der Waals surface area contributed by atoms with Crippen LogP contribution in [0, 0.1) is 6.92 Å². The second-order valence-electron chi connectivity index (χ2n) is 3.77. The topological polar surface area (TPSA) is 57.7 Å². The third kappa shape index (κ3) is 4.60. The van der Waals surface area contributed by atoms with Crippen molar-refractivity contribution in [2.75, 3.05) is 13.7 Å². The van der Waals surface area contributed by atoms with Crippen LogP contribution in [0.5, 0.6) is 11.5 Å². The van der Waals surface area contributed by atoms with Gasteiger partial charge in [-0.2, -0.15) is 0 Å². The van der Waals surface area contributed by atoms with E-state index >= 15 is 0 Å². The number of hydrogen-bond acceptors (Lipinski definition) is 5. The highest BCUT2D eigenvalue weighted by atomic mass is 19.4. The molecule has 0 saturated heterocycles. The van der Waals surface area contributed by atoms with E-state index in [1.807, 2.05) is 0 Å². The number of carbonyl (C=O) groups is 1. The van der Waals surface area contributed by atoms with Gasteiger partial charge in [-0.05, 0) is 13.8 Å². The number of aromatic nitrogens is 1. The van der Waals surface area contributed by atoms with Crippen LogP contribution in [0.25, 0.3) is 0 Å². The summed E-state index contributed by atoms with van der Waals surface area (Å²) in [5, 5.41) is 0. The highest BCUT2D eigenvalue weighted by molar-refractivity contribution is 5.73. The fraction of sp³-hybridized carbons (Fsp3) is 0.500. The van der Waals surface area contributed by atoms with Gasteiger partial charge < -0.3 is 14.2 Å². The standard InChI is InChI=1S/C12H14F3NO4/c1-4-19-10(17)6-8-11(20-12(13,14)15)9(18-3)5-7(2)16-8/h5H,4,6H2,1-3H3. The summed E-state index contributed by atoms with van der Waals surface area (Å²) in [7, 11) is 1.20. The Kier molecular flexibility index (Phi) is 5.18. The van der Waals surface area contributed by atoms with Crippen molar-refractivity contribution in [3.05, 3.63) is 17.5 Å². The Morgan fingerprint density at radius 1 is 1.40 bits per heavy atom. The number of ether oxygens (including phenoxy) is 3. The molecule has 0 atom stereocenters. The number of rotatable bonds is 5. The first kappa shape index (κ1) is 16.1. The number of hydrogen-bond donors (Lipinski definition) is 0. The number of methoxy groups -OCH3 is 1. The fourth-order valence-electron chi connectivity index (χ4n) is 1.54. The molecular formula is C12H14F3NO4. The molecule has 0 spiro atoms. The fourth-order valence-corrected chi connectivity index (χ4v) is 1.54. The third-order valence-corrected chi connectivity index (χ3v) is 2.19. The summed E-state index contributed by atoms with van der Waals surface area (Å²) in [5.41, 5.74) is 0.216. The van der Waals surface area contributed by atoms with Crippen molar-refractivity contribution in [3.63, 3.8) is 0 Å². The summed E-state index contributed by atoms with van der Waals surface area (Å²) in [5.74, 6) is -1.47. The smallest absolute Gasteiger partial charge is 0.493 e. The highest BCUT2D eigenvalue weighted by Gasteiger charge is 2.34. The summed E-state index contributed by atoms with van der Waals surface area (Å²) in [4.78, 5) is 15.3. The maximum absolute atomic E-state index is 12.4. The molecule has 1 rings (SSSR count). The van der Waals surface area contributed by atoms with Crippen LogP contribution in [0.15, 0.2) is 6.07 Å². The molecule has 1 aromatic heterocycles. The molecule has 0 amide bonds. The van der Waals surface area contributed by atoms with Crippen LogP contribution in [-0.2, 0) is 16.0 Å². The minimum Gasteiger partial charge on any atom is -0.493 e. The van der Waals surface area contributed by atoms with E-state index in [-0.39, 0.29) is 18.1 Å². The summed E-state index contributed by atoms with van der Waals surface area (Å²) >= 11 is 0. The molecule has 0 unspecified atom stereocenters. The van der Waals surface area contributed by atoms with Crippen LogP contribution in [0.3, 0.4) is 0 Å². The van der Waals surface area contributed by atoms with Gasteiger partial charge in [0.05, 0.1) is 25.8 Å². The predicted octanol–water partition coefficient (Wildman–Crippen LogP) is 2.40. The van der Waals surface area contributed by atoms with Crippen molar-refractivity contribution in [3.8, 4) is 11.5 Å². The number of pyridine rings is 1. The highest BCUT2D eigenvalue weighted by Crippen LogP contribution is 2.35. The quantitative estimate of drug-likeness (QED) is 0.780.